The zero-order valence-electron chi connectivity index (χ0n) is 30.5. The highest BCUT2D eigenvalue weighted by atomic mass is 16.3. The van der Waals surface area contributed by atoms with E-state index in [1.807, 2.05) is 0 Å². The van der Waals surface area contributed by atoms with Crippen LogP contribution in [-0.2, 0) is 0 Å². The topological polar surface area (TPSA) is 13.1 Å². The molecule has 0 fully saturated rings. The second-order valence-corrected chi connectivity index (χ2v) is 15.1. The number of furan rings is 1. The van der Waals surface area contributed by atoms with Crippen molar-refractivity contribution >= 4 is 76.7 Å². The summed E-state index contributed by atoms with van der Waals surface area (Å²) in [6.45, 7) is 0. The molecule has 0 N–H and O–H groups in total. The van der Waals surface area contributed by atoms with E-state index >= 15 is 0 Å². The van der Waals surface area contributed by atoms with Gasteiger partial charge >= 0.3 is 0 Å². The van der Waals surface area contributed by atoms with E-state index in [4.69, 9.17) is 4.42 Å². The second-order valence-electron chi connectivity index (χ2n) is 15.1. The molecule has 260 valence electrons. The fourth-order valence-corrected chi connectivity index (χ4v) is 9.72. The third-order valence-electron chi connectivity index (χ3n) is 12.1. The van der Waals surface area contributed by atoms with E-state index in [-0.39, 0.29) is 5.92 Å². The third-order valence-corrected chi connectivity index (χ3v) is 12.1. The first-order valence-electron chi connectivity index (χ1n) is 19.5. The van der Waals surface area contributed by atoms with Crippen LogP contribution < -0.4 is 0 Å². The molecule has 0 spiro atoms. The molecule has 1 atom stereocenters. The van der Waals surface area contributed by atoms with Gasteiger partial charge in [0.25, 0.3) is 0 Å². The van der Waals surface area contributed by atoms with Gasteiger partial charge < -0.3 is 4.42 Å². The van der Waals surface area contributed by atoms with E-state index in [1.54, 1.807) is 0 Å². The Morgan fingerprint density at radius 1 is 0.357 bits per heavy atom. The molecule has 56 heavy (non-hydrogen) atoms. The Bertz CT molecular complexity index is 3340. The van der Waals surface area contributed by atoms with Gasteiger partial charge in [-0.15, -0.1) is 0 Å². The molecule has 1 nitrogen and oxygen atoms in total. The van der Waals surface area contributed by atoms with Crippen LogP contribution in [0.4, 0.5) is 0 Å². The summed E-state index contributed by atoms with van der Waals surface area (Å²) in [5.41, 5.74) is 13.3. The Morgan fingerprint density at radius 3 is 1.55 bits per heavy atom. The Morgan fingerprint density at radius 2 is 0.875 bits per heavy atom. The molecule has 0 saturated heterocycles. The summed E-state index contributed by atoms with van der Waals surface area (Å²) in [6, 6.07) is 71.0. The van der Waals surface area contributed by atoms with Crippen molar-refractivity contribution in [1.29, 1.82) is 0 Å². The molecule has 1 aliphatic carbocycles. The van der Waals surface area contributed by atoms with Gasteiger partial charge in [-0.1, -0.05) is 182 Å². The van der Waals surface area contributed by atoms with Crippen molar-refractivity contribution in [2.24, 2.45) is 0 Å². The Hall–Kier alpha value is -7.22. The van der Waals surface area contributed by atoms with Gasteiger partial charge in [-0.2, -0.15) is 0 Å². The lowest BCUT2D eigenvalue weighted by Gasteiger charge is -2.20. The van der Waals surface area contributed by atoms with Crippen LogP contribution in [-0.4, -0.2) is 0 Å². The number of hydrogen-bond acceptors (Lipinski definition) is 1. The summed E-state index contributed by atoms with van der Waals surface area (Å²) < 4.78 is 6.86. The summed E-state index contributed by atoms with van der Waals surface area (Å²) in [6.07, 6.45) is 2.37. The van der Waals surface area contributed by atoms with E-state index in [1.165, 1.54) is 87.6 Å². The minimum Gasteiger partial charge on any atom is -0.455 e. The predicted molar refractivity (Wildman–Crippen MR) is 237 cm³/mol. The zero-order chi connectivity index (χ0) is 36.7. The molecule has 1 heteroatoms. The van der Waals surface area contributed by atoms with E-state index in [2.05, 4.69) is 200 Å². The lowest BCUT2D eigenvalue weighted by Crippen LogP contribution is -2.01. The van der Waals surface area contributed by atoms with Crippen molar-refractivity contribution in [2.75, 3.05) is 0 Å². The summed E-state index contributed by atoms with van der Waals surface area (Å²) in [4.78, 5) is 0. The molecule has 1 heterocycles. The average molecular weight is 711 g/mol. The highest BCUT2D eigenvalue weighted by Gasteiger charge is 2.28. The second kappa shape index (κ2) is 12.1. The van der Waals surface area contributed by atoms with Crippen molar-refractivity contribution in [1.82, 2.24) is 0 Å². The Balaban J connectivity index is 1.04. The van der Waals surface area contributed by atoms with Gasteiger partial charge in [0, 0.05) is 22.1 Å². The van der Waals surface area contributed by atoms with Gasteiger partial charge in [0.15, 0.2) is 0 Å². The maximum atomic E-state index is 6.86. The molecule has 1 aliphatic rings. The molecular weight excluding hydrogens is 677 g/mol. The molecule has 11 aromatic rings. The summed E-state index contributed by atoms with van der Waals surface area (Å²) in [7, 11) is 0. The first kappa shape index (κ1) is 31.2. The van der Waals surface area contributed by atoms with E-state index in [9.17, 15) is 0 Å². The number of allylic oxidation sites excluding steroid dienone is 1. The van der Waals surface area contributed by atoms with Crippen LogP contribution >= 0.6 is 0 Å². The normalized spacial score (nSPS) is 14.0. The summed E-state index contributed by atoms with van der Waals surface area (Å²) in [5.74, 6) is 0.183. The van der Waals surface area contributed by atoms with Crippen LogP contribution in [0.1, 0.15) is 28.2 Å². The van der Waals surface area contributed by atoms with Crippen molar-refractivity contribution in [3.63, 3.8) is 0 Å². The number of benzene rings is 10. The SMILES string of the molecule is C1=C(c2ccccc2)C(c2ccc(-c3c4ccccc4c(-c4ccc5c(c4)oc4c6ccccc6c6ccccc6c54)c4ccccc34)cc2)c2ccccc21. The number of hydrogen-bond donors (Lipinski definition) is 0. The van der Waals surface area contributed by atoms with Crippen molar-refractivity contribution in [3.05, 3.63) is 216 Å². The number of rotatable bonds is 4. The fourth-order valence-electron chi connectivity index (χ4n) is 9.72. The summed E-state index contributed by atoms with van der Waals surface area (Å²) >= 11 is 0. The van der Waals surface area contributed by atoms with Crippen LogP contribution in [0.5, 0.6) is 0 Å². The monoisotopic (exact) mass is 710 g/mol. The van der Waals surface area contributed by atoms with Crippen LogP contribution in [0.15, 0.2) is 199 Å². The molecule has 0 bridgehead atoms. The minimum absolute atomic E-state index is 0.183. The standard InChI is InChI=1S/C55H34O/c1-2-14-34(15-3-1)49-32-37-16-4-5-17-39(37)51(49)35-26-28-36(29-27-35)52-43-21-9-11-23-45(43)53(46-24-12-10-22-44(46)52)38-30-31-48-50(33-38)56-55-47-25-13-7-19-41(47)40-18-6-8-20-42(40)54(48)55/h1-33,51H. The van der Waals surface area contributed by atoms with E-state index in [0.29, 0.717) is 0 Å². The molecular formula is C55H34O. The maximum Gasteiger partial charge on any atom is 0.143 e. The zero-order valence-corrected chi connectivity index (χ0v) is 30.5. The van der Waals surface area contributed by atoms with Gasteiger partial charge in [-0.05, 0) is 106 Å². The van der Waals surface area contributed by atoms with Crippen LogP contribution in [0, 0.1) is 0 Å². The molecule has 12 rings (SSSR count). The van der Waals surface area contributed by atoms with Gasteiger partial charge in [0.2, 0.25) is 0 Å². The molecule has 1 unspecified atom stereocenters. The first-order chi connectivity index (χ1) is 27.8. The minimum atomic E-state index is 0.183. The largest absolute Gasteiger partial charge is 0.455 e. The molecule has 1 aromatic heterocycles. The van der Waals surface area contributed by atoms with Crippen LogP contribution in [0.25, 0.3) is 98.9 Å². The lowest BCUT2D eigenvalue weighted by molar-refractivity contribution is 0.673. The van der Waals surface area contributed by atoms with Crippen LogP contribution in [0.2, 0.25) is 0 Å². The van der Waals surface area contributed by atoms with Crippen molar-refractivity contribution in [3.8, 4) is 22.3 Å². The van der Waals surface area contributed by atoms with Gasteiger partial charge in [0.1, 0.15) is 11.2 Å². The first-order valence-corrected chi connectivity index (χ1v) is 19.5. The van der Waals surface area contributed by atoms with Crippen molar-refractivity contribution in [2.45, 2.75) is 5.92 Å². The van der Waals surface area contributed by atoms with Gasteiger partial charge in [0.05, 0.1) is 0 Å². The molecule has 10 aromatic carbocycles. The number of fused-ring (bicyclic) bond motifs is 11. The van der Waals surface area contributed by atoms with Crippen molar-refractivity contribution < 1.29 is 4.42 Å². The summed E-state index contributed by atoms with van der Waals surface area (Å²) in [5, 5.41) is 12.1. The quantitative estimate of drug-likeness (QED) is 0.131. The highest BCUT2D eigenvalue weighted by molar-refractivity contribution is 6.30. The maximum absolute atomic E-state index is 6.86. The fraction of sp³-hybridized carbons (Fsp3) is 0.0182. The van der Waals surface area contributed by atoms with E-state index in [0.717, 1.165) is 27.5 Å². The van der Waals surface area contributed by atoms with E-state index < -0.39 is 0 Å². The third kappa shape index (κ3) is 4.55. The Kier molecular flexibility index (Phi) is 6.76. The van der Waals surface area contributed by atoms with Crippen LogP contribution in [0.3, 0.4) is 0 Å². The Labute approximate surface area is 324 Å². The predicted octanol–water partition coefficient (Wildman–Crippen LogP) is 15.2. The molecule has 0 saturated carbocycles. The van der Waals surface area contributed by atoms with Gasteiger partial charge in [-0.3, -0.25) is 0 Å². The highest BCUT2D eigenvalue weighted by Crippen LogP contribution is 2.49. The molecule has 0 radical (unpaired) electrons. The molecule has 0 amide bonds. The smallest absolute Gasteiger partial charge is 0.143 e. The average Bonchev–Trinajstić information content (AvgIpc) is 3.85. The molecule has 0 aliphatic heterocycles. The van der Waals surface area contributed by atoms with Gasteiger partial charge in [-0.25, -0.2) is 0 Å². The lowest BCUT2D eigenvalue weighted by atomic mass is 9.83.